The number of hydrogen-bond donors (Lipinski definition) is 2. The van der Waals surface area contributed by atoms with Crippen LogP contribution in [0, 0.1) is 5.82 Å². The van der Waals surface area contributed by atoms with Crippen LogP contribution in [0.15, 0.2) is 58.3 Å². The number of furan rings is 1. The molecule has 0 fully saturated rings. The molecular weight excluding hydrogens is 337 g/mol. The molecular formula is C17H14FN7O. The predicted octanol–water partition coefficient (Wildman–Crippen LogP) is 1.54. The van der Waals surface area contributed by atoms with Gasteiger partial charge in [-0.15, -0.1) is 5.10 Å². The number of hydrazine groups is 1. The summed E-state index contributed by atoms with van der Waals surface area (Å²) in [6.45, 7) is 0.550. The Hall–Kier alpha value is -3.46. The SMILES string of the molecule is NC1=NC2NN(Cc3ccc(F)cc3)C=C2c2nc(-c3ccco3)nn21. The highest BCUT2D eigenvalue weighted by Gasteiger charge is 2.34. The fourth-order valence-electron chi connectivity index (χ4n) is 3.01. The highest BCUT2D eigenvalue weighted by atomic mass is 19.1. The maximum absolute atomic E-state index is 13.1. The van der Waals surface area contributed by atoms with Crippen molar-refractivity contribution in [1.29, 1.82) is 0 Å². The van der Waals surface area contributed by atoms with Crippen LogP contribution in [0.5, 0.6) is 0 Å². The number of halogens is 1. The van der Waals surface area contributed by atoms with E-state index in [1.165, 1.54) is 16.8 Å². The Morgan fingerprint density at radius 2 is 2.08 bits per heavy atom. The summed E-state index contributed by atoms with van der Waals surface area (Å²) in [6, 6.07) is 9.92. The fourth-order valence-corrected chi connectivity index (χ4v) is 3.01. The summed E-state index contributed by atoms with van der Waals surface area (Å²) >= 11 is 0. The quantitative estimate of drug-likeness (QED) is 0.743. The summed E-state index contributed by atoms with van der Waals surface area (Å²) < 4.78 is 19.9. The van der Waals surface area contributed by atoms with Crippen molar-refractivity contribution in [3.8, 4) is 11.6 Å². The molecule has 2 aliphatic heterocycles. The van der Waals surface area contributed by atoms with E-state index in [1.54, 1.807) is 30.5 Å². The number of nitrogens with zero attached hydrogens (tertiary/aromatic N) is 5. The lowest BCUT2D eigenvalue weighted by molar-refractivity contribution is 0.269. The number of nitrogens with two attached hydrogens (primary N) is 1. The summed E-state index contributed by atoms with van der Waals surface area (Å²) in [4.78, 5) is 8.98. The van der Waals surface area contributed by atoms with Gasteiger partial charge in [0.05, 0.1) is 18.4 Å². The number of fused-ring (bicyclic) bond motifs is 3. The maximum atomic E-state index is 13.1. The Morgan fingerprint density at radius 3 is 2.85 bits per heavy atom. The molecule has 3 aromatic rings. The number of benzene rings is 1. The zero-order valence-electron chi connectivity index (χ0n) is 13.5. The van der Waals surface area contributed by atoms with E-state index in [9.17, 15) is 4.39 Å². The van der Waals surface area contributed by atoms with Crippen molar-refractivity contribution in [1.82, 2.24) is 25.2 Å². The van der Waals surface area contributed by atoms with Gasteiger partial charge in [0.15, 0.2) is 17.8 Å². The van der Waals surface area contributed by atoms with Crippen LogP contribution in [0.25, 0.3) is 17.2 Å². The second kappa shape index (κ2) is 5.53. The average Bonchev–Trinajstić information content (AvgIpc) is 3.34. The van der Waals surface area contributed by atoms with E-state index in [0.29, 0.717) is 24.0 Å². The normalized spacial score (nSPS) is 18.3. The van der Waals surface area contributed by atoms with Gasteiger partial charge >= 0.3 is 0 Å². The van der Waals surface area contributed by atoms with Gasteiger partial charge in [-0.05, 0) is 29.8 Å². The van der Waals surface area contributed by atoms with Crippen LogP contribution in [-0.4, -0.2) is 31.9 Å². The predicted molar refractivity (Wildman–Crippen MR) is 91.6 cm³/mol. The maximum Gasteiger partial charge on any atom is 0.220 e. The molecule has 4 heterocycles. The monoisotopic (exact) mass is 351 g/mol. The Labute approximate surface area is 147 Å². The number of nitrogens with one attached hydrogen (secondary N) is 1. The van der Waals surface area contributed by atoms with Gasteiger partial charge in [-0.1, -0.05) is 12.1 Å². The molecule has 0 saturated carbocycles. The molecule has 1 atom stereocenters. The molecule has 8 nitrogen and oxygen atoms in total. The van der Waals surface area contributed by atoms with Crippen LogP contribution in [0.1, 0.15) is 11.4 Å². The van der Waals surface area contributed by atoms with Crippen LogP contribution in [0.4, 0.5) is 4.39 Å². The molecule has 2 aromatic heterocycles. The van der Waals surface area contributed by atoms with Gasteiger partial charge in [-0.3, -0.25) is 0 Å². The first kappa shape index (κ1) is 14.8. The average molecular weight is 351 g/mol. The van der Waals surface area contributed by atoms with Crippen molar-refractivity contribution < 1.29 is 8.81 Å². The first-order chi connectivity index (χ1) is 12.7. The van der Waals surface area contributed by atoms with E-state index in [0.717, 1.165) is 11.1 Å². The third kappa shape index (κ3) is 2.37. The van der Waals surface area contributed by atoms with Crippen molar-refractivity contribution in [2.75, 3.05) is 0 Å². The molecule has 3 N–H and O–H groups in total. The van der Waals surface area contributed by atoms with E-state index in [1.807, 2.05) is 11.2 Å². The lowest BCUT2D eigenvalue weighted by atomic mass is 10.2. The molecule has 1 unspecified atom stereocenters. The molecule has 0 bridgehead atoms. The zero-order chi connectivity index (χ0) is 17.7. The number of aliphatic imine (C=N–C) groups is 1. The van der Waals surface area contributed by atoms with Gasteiger partial charge in [0.1, 0.15) is 5.82 Å². The Bertz CT molecular complexity index is 1020. The highest BCUT2D eigenvalue weighted by Crippen LogP contribution is 2.29. The standard InChI is InChI=1S/C17H14FN7O/c18-11-5-3-10(4-6-11)8-24-9-12-14(22-24)21-17(19)25-16(12)20-15(23-25)13-2-1-7-26-13/h1-7,9,14,22H,8H2,(H2,19,21). The zero-order valence-corrected chi connectivity index (χ0v) is 13.5. The molecule has 130 valence electrons. The van der Waals surface area contributed by atoms with Crippen molar-refractivity contribution >= 4 is 11.5 Å². The first-order valence-electron chi connectivity index (χ1n) is 8.01. The van der Waals surface area contributed by atoms with E-state index in [4.69, 9.17) is 10.2 Å². The summed E-state index contributed by atoms with van der Waals surface area (Å²) in [5, 5.41) is 6.26. The fraction of sp³-hybridized carbons (Fsp3) is 0.118. The van der Waals surface area contributed by atoms with Crippen molar-refractivity contribution in [3.63, 3.8) is 0 Å². The molecule has 0 saturated heterocycles. The molecule has 0 radical (unpaired) electrons. The largest absolute Gasteiger partial charge is 0.461 e. The summed E-state index contributed by atoms with van der Waals surface area (Å²) in [5.74, 6) is 1.62. The number of rotatable bonds is 3. The van der Waals surface area contributed by atoms with E-state index in [2.05, 4.69) is 20.5 Å². The van der Waals surface area contributed by atoms with Crippen LogP contribution in [0.2, 0.25) is 0 Å². The van der Waals surface area contributed by atoms with Crippen LogP contribution in [0.3, 0.4) is 0 Å². The summed E-state index contributed by atoms with van der Waals surface area (Å²) in [7, 11) is 0. The van der Waals surface area contributed by atoms with Gasteiger partial charge in [0.25, 0.3) is 0 Å². The molecule has 0 amide bonds. The summed E-state index contributed by atoms with van der Waals surface area (Å²) in [5.41, 5.74) is 11.1. The second-order valence-corrected chi connectivity index (χ2v) is 6.01. The third-order valence-electron chi connectivity index (χ3n) is 4.23. The molecule has 0 aliphatic carbocycles. The Balaban J connectivity index is 1.48. The third-order valence-corrected chi connectivity index (χ3v) is 4.23. The molecule has 1 aromatic carbocycles. The summed E-state index contributed by atoms with van der Waals surface area (Å²) in [6.07, 6.45) is 3.14. The first-order valence-corrected chi connectivity index (χ1v) is 8.01. The lowest BCUT2D eigenvalue weighted by Gasteiger charge is -2.20. The minimum atomic E-state index is -0.336. The van der Waals surface area contributed by atoms with Crippen molar-refractivity contribution in [2.45, 2.75) is 12.7 Å². The van der Waals surface area contributed by atoms with Crippen LogP contribution < -0.4 is 11.2 Å². The minimum absolute atomic E-state index is 0.253. The second-order valence-electron chi connectivity index (χ2n) is 6.01. The number of hydrogen-bond acceptors (Lipinski definition) is 7. The van der Waals surface area contributed by atoms with Crippen molar-refractivity contribution in [2.24, 2.45) is 10.7 Å². The molecule has 9 heteroatoms. The van der Waals surface area contributed by atoms with E-state index in [-0.39, 0.29) is 17.9 Å². The van der Waals surface area contributed by atoms with Crippen LogP contribution >= 0.6 is 0 Å². The van der Waals surface area contributed by atoms with Gasteiger partial charge in [-0.2, -0.15) is 4.68 Å². The lowest BCUT2D eigenvalue weighted by Crippen LogP contribution is -2.40. The van der Waals surface area contributed by atoms with Gasteiger partial charge in [0, 0.05) is 6.20 Å². The molecule has 5 rings (SSSR count). The van der Waals surface area contributed by atoms with E-state index < -0.39 is 0 Å². The topological polar surface area (TPSA) is 97.5 Å². The highest BCUT2D eigenvalue weighted by molar-refractivity contribution is 5.88. The van der Waals surface area contributed by atoms with Crippen LogP contribution in [-0.2, 0) is 6.54 Å². The van der Waals surface area contributed by atoms with Crippen molar-refractivity contribution in [3.05, 3.63) is 66.1 Å². The Kier molecular flexibility index (Phi) is 3.16. The van der Waals surface area contributed by atoms with Gasteiger partial charge < -0.3 is 15.2 Å². The van der Waals surface area contributed by atoms with Gasteiger partial charge in [-0.25, -0.2) is 19.8 Å². The molecule has 26 heavy (non-hydrogen) atoms. The Morgan fingerprint density at radius 1 is 1.23 bits per heavy atom. The molecule has 2 aliphatic rings. The smallest absolute Gasteiger partial charge is 0.220 e. The van der Waals surface area contributed by atoms with Gasteiger partial charge in [0.2, 0.25) is 11.8 Å². The number of aromatic nitrogens is 3. The van der Waals surface area contributed by atoms with E-state index >= 15 is 0 Å². The minimum Gasteiger partial charge on any atom is -0.461 e. The molecule has 0 spiro atoms.